The van der Waals surface area contributed by atoms with Crippen molar-refractivity contribution in [2.45, 2.75) is 39.0 Å². The topological polar surface area (TPSA) is 55.4 Å². The van der Waals surface area contributed by atoms with Crippen molar-refractivity contribution in [3.8, 4) is 0 Å². The van der Waals surface area contributed by atoms with Crippen LogP contribution in [0.4, 0.5) is 0 Å². The second kappa shape index (κ2) is 6.28. The second-order valence-electron chi connectivity index (χ2n) is 4.82. The molecule has 0 aromatic heterocycles. The first kappa shape index (κ1) is 14.2. The summed E-state index contributed by atoms with van der Waals surface area (Å²) >= 11 is 1.45. The zero-order chi connectivity index (χ0) is 13.8. The molecule has 0 atom stereocenters. The molecule has 1 N–H and O–H groups in total. The number of amides is 1. The molecule has 0 saturated heterocycles. The standard InChI is InChI=1S/C14H19NO3S/c1-9-5-3-4-6-10(9)13(16)15-11-7-8-19-12(11)14(17)18-2/h3-8H2,1-2H3,(H,15,16). The Morgan fingerprint density at radius 1 is 1.21 bits per heavy atom. The van der Waals surface area contributed by atoms with Gasteiger partial charge in [-0.1, -0.05) is 5.57 Å². The number of nitrogens with one attached hydrogen (secondary N) is 1. The van der Waals surface area contributed by atoms with E-state index in [0.29, 0.717) is 17.0 Å². The van der Waals surface area contributed by atoms with Gasteiger partial charge in [0.25, 0.3) is 5.91 Å². The van der Waals surface area contributed by atoms with Crippen LogP contribution in [-0.4, -0.2) is 24.7 Å². The molecule has 0 aromatic rings. The maximum absolute atomic E-state index is 12.3. The van der Waals surface area contributed by atoms with Crippen molar-refractivity contribution >= 4 is 23.6 Å². The fourth-order valence-corrected chi connectivity index (χ4v) is 3.46. The molecule has 0 aromatic carbocycles. The van der Waals surface area contributed by atoms with Crippen molar-refractivity contribution in [3.63, 3.8) is 0 Å². The number of rotatable bonds is 3. The molecule has 0 saturated carbocycles. The zero-order valence-electron chi connectivity index (χ0n) is 11.4. The van der Waals surface area contributed by atoms with E-state index in [9.17, 15) is 9.59 Å². The quantitative estimate of drug-likeness (QED) is 0.808. The van der Waals surface area contributed by atoms with Crippen LogP contribution in [0, 0.1) is 0 Å². The maximum Gasteiger partial charge on any atom is 0.346 e. The molecule has 19 heavy (non-hydrogen) atoms. The van der Waals surface area contributed by atoms with Gasteiger partial charge in [-0.2, -0.15) is 0 Å². The number of ether oxygens (including phenoxy) is 1. The van der Waals surface area contributed by atoms with Gasteiger partial charge in [-0.15, -0.1) is 11.8 Å². The van der Waals surface area contributed by atoms with E-state index in [1.165, 1.54) is 24.4 Å². The Morgan fingerprint density at radius 3 is 2.63 bits per heavy atom. The summed E-state index contributed by atoms with van der Waals surface area (Å²) in [6.45, 7) is 2.02. The summed E-state index contributed by atoms with van der Waals surface area (Å²) in [6.07, 6.45) is 4.78. The average molecular weight is 281 g/mol. The normalized spacial score (nSPS) is 19.7. The Hall–Kier alpha value is -1.23. The van der Waals surface area contributed by atoms with E-state index in [4.69, 9.17) is 4.74 Å². The Bertz CT molecular complexity index is 465. The molecule has 0 radical (unpaired) electrons. The predicted molar refractivity (Wildman–Crippen MR) is 75.4 cm³/mol. The third kappa shape index (κ3) is 3.21. The lowest BCUT2D eigenvalue weighted by molar-refractivity contribution is -0.135. The van der Waals surface area contributed by atoms with Crippen LogP contribution in [-0.2, 0) is 14.3 Å². The van der Waals surface area contributed by atoms with E-state index in [0.717, 1.165) is 37.0 Å². The van der Waals surface area contributed by atoms with E-state index in [1.54, 1.807) is 0 Å². The molecule has 0 bridgehead atoms. The van der Waals surface area contributed by atoms with Gasteiger partial charge in [-0.05, 0) is 39.0 Å². The number of thioether (sulfide) groups is 1. The lowest BCUT2D eigenvalue weighted by atomic mass is 9.92. The van der Waals surface area contributed by atoms with Gasteiger partial charge in [-0.25, -0.2) is 4.79 Å². The SMILES string of the molecule is COC(=O)C1=C(NC(=O)C2=C(C)CCCC2)CCS1. The fraction of sp³-hybridized carbons (Fsp3) is 0.571. The number of carbonyl (C=O) groups excluding carboxylic acids is 2. The third-order valence-electron chi connectivity index (χ3n) is 3.53. The van der Waals surface area contributed by atoms with Crippen LogP contribution in [0.5, 0.6) is 0 Å². The number of allylic oxidation sites excluding steroid dienone is 2. The summed E-state index contributed by atoms with van der Waals surface area (Å²) in [7, 11) is 1.36. The van der Waals surface area contributed by atoms with Gasteiger partial charge in [0.05, 0.1) is 7.11 Å². The molecule has 2 aliphatic rings. The van der Waals surface area contributed by atoms with Gasteiger partial charge < -0.3 is 10.1 Å². The molecule has 104 valence electrons. The zero-order valence-corrected chi connectivity index (χ0v) is 12.2. The number of methoxy groups -OCH3 is 1. The highest BCUT2D eigenvalue weighted by molar-refractivity contribution is 8.04. The Morgan fingerprint density at radius 2 is 1.95 bits per heavy atom. The highest BCUT2D eigenvalue weighted by Crippen LogP contribution is 2.31. The molecule has 0 unspecified atom stereocenters. The van der Waals surface area contributed by atoms with E-state index in [1.807, 2.05) is 6.92 Å². The van der Waals surface area contributed by atoms with Crippen LogP contribution in [0.25, 0.3) is 0 Å². The monoisotopic (exact) mass is 281 g/mol. The minimum atomic E-state index is -0.354. The molecular weight excluding hydrogens is 262 g/mol. The van der Waals surface area contributed by atoms with E-state index >= 15 is 0 Å². The van der Waals surface area contributed by atoms with Crippen LogP contribution in [0.3, 0.4) is 0 Å². The van der Waals surface area contributed by atoms with Crippen LogP contribution >= 0.6 is 11.8 Å². The molecule has 1 aliphatic heterocycles. The van der Waals surface area contributed by atoms with Gasteiger partial charge in [0, 0.05) is 17.0 Å². The minimum absolute atomic E-state index is 0.0453. The summed E-state index contributed by atoms with van der Waals surface area (Å²) in [5.41, 5.74) is 2.78. The van der Waals surface area contributed by atoms with Gasteiger partial charge in [0.1, 0.15) is 4.91 Å². The van der Waals surface area contributed by atoms with Gasteiger partial charge in [0.2, 0.25) is 0 Å². The van der Waals surface area contributed by atoms with Gasteiger partial charge >= 0.3 is 5.97 Å². The molecule has 1 aliphatic carbocycles. The highest BCUT2D eigenvalue weighted by Gasteiger charge is 2.25. The highest BCUT2D eigenvalue weighted by atomic mass is 32.2. The maximum atomic E-state index is 12.3. The Balaban J connectivity index is 2.12. The van der Waals surface area contributed by atoms with Crippen molar-refractivity contribution < 1.29 is 14.3 Å². The van der Waals surface area contributed by atoms with Crippen molar-refractivity contribution in [2.75, 3.05) is 12.9 Å². The first-order chi connectivity index (χ1) is 9.13. The predicted octanol–water partition coefficient (Wildman–Crippen LogP) is 2.51. The lowest BCUT2D eigenvalue weighted by Gasteiger charge is -2.17. The summed E-state index contributed by atoms with van der Waals surface area (Å²) in [6, 6.07) is 0. The summed E-state index contributed by atoms with van der Waals surface area (Å²) in [5, 5.41) is 2.91. The summed E-state index contributed by atoms with van der Waals surface area (Å²) in [4.78, 5) is 24.4. The fourth-order valence-electron chi connectivity index (χ4n) is 2.43. The van der Waals surface area contributed by atoms with Gasteiger partial charge in [-0.3, -0.25) is 4.79 Å². The van der Waals surface area contributed by atoms with Crippen molar-refractivity contribution in [1.29, 1.82) is 0 Å². The molecule has 0 fully saturated rings. The lowest BCUT2D eigenvalue weighted by Crippen LogP contribution is -2.27. The molecule has 2 rings (SSSR count). The van der Waals surface area contributed by atoms with Crippen LogP contribution in [0.15, 0.2) is 21.7 Å². The Labute approximate surface area is 117 Å². The number of esters is 1. The smallest absolute Gasteiger partial charge is 0.346 e. The molecule has 5 heteroatoms. The molecule has 4 nitrogen and oxygen atoms in total. The molecule has 1 amide bonds. The second-order valence-corrected chi connectivity index (χ2v) is 5.92. The summed E-state index contributed by atoms with van der Waals surface area (Å²) in [5.74, 6) is 0.418. The van der Waals surface area contributed by atoms with E-state index in [2.05, 4.69) is 5.32 Å². The first-order valence-electron chi connectivity index (χ1n) is 6.57. The minimum Gasteiger partial charge on any atom is -0.465 e. The first-order valence-corrected chi connectivity index (χ1v) is 7.56. The summed E-state index contributed by atoms with van der Waals surface area (Å²) < 4.78 is 4.73. The number of hydrogen-bond donors (Lipinski definition) is 1. The third-order valence-corrected chi connectivity index (χ3v) is 4.64. The van der Waals surface area contributed by atoms with Crippen molar-refractivity contribution in [3.05, 3.63) is 21.7 Å². The van der Waals surface area contributed by atoms with Crippen LogP contribution < -0.4 is 5.32 Å². The number of carbonyl (C=O) groups is 2. The van der Waals surface area contributed by atoms with Crippen molar-refractivity contribution in [1.82, 2.24) is 5.32 Å². The van der Waals surface area contributed by atoms with Crippen molar-refractivity contribution in [2.24, 2.45) is 0 Å². The van der Waals surface area contributed by atoms with Crippen LogP contribution in [0.1, 0.15) is 39.0 Å². The van der Waals surface area contributed by atoms with Gasteiger partial charge in [0.15, 0.2) is 0 Å². The van der Waals surface area contributed by atoms with E-state index in [-0.39, 0.29) is 11.9 Å². The van der Waals surface area contributed by atoms with Crippen LogP contribution in [0.2, 0.25) is 0 Å². The number of hydrogen-bond acceptors (Lipinski definition) is 4. The molecule has 1 heterocycles. The molecule has 0 spiro atoms. The molecular formula is C14H19NO3S. The Kier molecular flexibility index (Phi) is 4.69. The van der Waals surface area contributed by atoms with E-state index < -0.39 is 0 Å². The average Bonchev–Trinajstić information content (AvgIpc) is 2.86. The largest absolute Gasteiger partial charge is 0.465 e.